The number of halogens is 1. The van der Waals surface area contributed by atoms with Crippen LogP contribution in [-0.2, 0) is 0 Å². The fourth-order valence-electron chi connectivity index (χ4n) is 2.03. The molecule has 4 nitrogen and oxygen atoms in total. The Kier molecular flexibility index (Phi) is 7.02. The first kappa shape index (κ1) is 16.1. The van der Waals surface area contributed by atoms with Crippen molar-refractivity contribution in [2.24, 2.45) is 21.6 Å². The largest absolute Gasteiger partial charge is 0.402 e. The van der Waals surface area contributed by atoms with Crippen LogP contribution in [0.5, 0.6) is 0 Å². The molecule has 0 aliphatic carbocycles. The lowest BCUT2D eigenvalue weighted by Crippen LogP contribution is -2.34. The first-order chi connectivity index (χ1) is 9.04. The van der Waals surface area contributed by atoms with Crippen LogP contribution in [0.1, 0.15) is 26.7 Å². The van der Waals surface area contributed by atoms with Crippen LogP contribution in [-0.4, -0.2) is 32.1 Å². The van der Waals surface area contributed by atoms with E-state index < -0.39 is 0 Å². The molecule has 0 amide bonds. The molecule has 1 fully saturated rings. The van der Waals surface area contributed by atoms with Crippen LogP contribution in [0.25, 0.3) is 0 Å². The number of allylic oxidation sites excluding steroid dienone is 4. The summed E-state index contributed by atoms with van der Waals surface area (Å²) in [6, 6.07) is 0. The van der Waals surface area contributed by atoms with Crippen LogP contribution in [0.15, 0.2) is 31.9 Å². The Morgan fingerprint density at radius 3 is 2.68 bits per heavy atom. The molecule has 1 heterocycles. The predicted molar refractivity (Wildman–Crippen MR) is 87.0 cm³/mol. The van der Waals surface area contributed by atoms with Crippen molar-refractivity contribution >= 4 is 27.9 Å². The first-order valence-corrected chi connectivity index (χ1v) is 7.35. The van der Waals surface area contributed by atoms with Crippen molar-refractivity contribution in [3.05, 3.63) is 22.0 Å². The van der Waals surface area contributed by atoms with E-state index in [4.69, 9.17) is 10.7 Å². The fraction of sp³-hybridized carbons (Fsp3) is 0.571. The second kappa shape index (κ2) is 8.27. The molecule has 1 saturated heterocycles. The van der Waals surface area contributed by atoms with E-state index in [1.807, 2.05) is 19.9 Å². The normalized spacial score (nSPS) is 23.7. The fourth-order valence-corrected chi connectivity index (χ4v) is 2.33. The number of nitrogens with two attached hydrogens (primary N) is 1. The van der Waals surface area contributed by atoms with Gasteiger partial charge in [0, 0.05) is 37.1 Å². The molecule has 0 aromatic heterocycles. The van der Waals surface area contributed by atoms with E-state index in [1.165, 1.54) is 6.42 Å². The molecule has 0 aromatic rings. The zero-order chi connectivity index (χ0) is 14.3. The van der Waals surface area contributed by atoms with E-state index in [1.54, 1.807) is 13.3 Å². The molecule has 0 radical (unpaired) electrons. The number of hydrogen-bond donors (Lipinski definition) is 2. The number of piperidine rings is 1. The maximum Gasteiger partial charge on any atom is 0.0565 e. The van der Waals surface area contributed by atoms with Crippen molar-refractivity contribution in [1.82, 2.24) is 5.32 Å². The number of rotatable bonds is 4. The summed E-state index contributed by atoms with van der Waals surface area (Å²) in [7, 11) is 1.74. The molecule has 3 N–H and O–H groups in total. The number of aliphatic imine (C=N–C) groups is 2. The standard InChI is InChI=1S/C14H23BrN4/c1-10(16)7-14(12-5-4-6-18-8-12)19-11(2)13(15)9-17-3/h7,9,12,18H,4-6,8,16H2,1-3H3/b10-7+,13-11-,17-9-,19-14+. The summed E-state index contributed by atoms with van der Waals surface area (Å²) in [4.78, 5) is 8.71. The molecule has 1 unspecified atom stereocenters. The van der Waals surface area contributed by atoms with Gasteiger partial charge in [0.25, 0.3) is 0 Å². The highest BCUT2D eigenvalue weighted by Gasteiger charge is 2.17. The molecule has 0 aromatic carbocycles. The summed E-state index contributed by atoms with van der Waals surface area (Å²) in [5.74, 6) is 0.432. The lowest BCUT2D eigenvalue weighted by atomic mass is 9.93. The second-order valence-electron chi connectivity index (χ2n) is 4.79. The van der Waals surface area contributed by atoms with Gasteiger partial charge in [0.2, 0.25) is 0 Å². The highest BCUT2D eigenvalue weighted by atomic mass is 79.9. The van der Waals surface area contributed by atoms with Crippen LogP contribution in [0.2, 0.25) is 0 Å². The van der Waals surface area contributed by atoms with Gasteiger partial charge >= 0.3 is 0 Å². The summed E-state index contributed by atoms with van der Waals surface area (Å²) >= 11 is 3.48. The van der Waals surface area contributed by atoms with Gasteiger partial charge in [-0.25, -0.2) is 0 Å². The number of nitrogens with zero attached hydrogens (tertiary/aromatic N) is 2. The molecule has 1 rings (SSSR count). The maximum atomic E-state index is 5.82. The Labute approximate surface area is 124 Å². The molecule has 0 spiro atoms. The molecule has 1 atom stereocenters. The Bertz CT molecular complexity index is 411. The minimum atomic E-state index is 0.432. The summed E-state index contributed by atoms with van der Waals surface area (Å²) in [5.41, 5.74) is 8.57. The second-order valence-corrected chi connectivity index (χ2v) is 5.64. The minimum absolute atomic E-state index is 0.432. The van der Waals surface area contributed by atoms with Gasteiger partial charge in [0.05, 0.1) is 10.2 Å². The van der Waals surface area contributed by atoms with Gasteiger partial charge in [0.1, 0.15) is 0 Å². The zero-order valence-electron chi connectivity index (χ0n) is 11.9. The molecule has 0 saturated carbocycles. The van der Waals surface area contributed by atoms with Crippen LogP contribution in [0.3, 0.4) is 0 Å². The molecule has 106 valence electrons. The summed E-state index contributed by atoms with van der Waals surface area (Å²) in [6.07, 6.45) is 6.07. The first-order valence-electron chi connectivity index (χ1n) is 6.56. The van der Waals surface area contributed by atoms with Crippen LogP contribution in [0.4, 0.5) is 0 Å². The van der Waals surface area contributed by atoms with Gasteiger partial charge in [-0.2, -0.15) is 0 Å². The SMILES string of the molecule is C\N=C/C(Br)=C(C)/N=C(\C=C(/C)N)C1CCCNC1. The maximum absolute atomic E-state index is 5.82. The third-order valence-corrected chi connectivity index (χ3v) is 3.75. The Balaban J connectivity index is 3.02. The lowest BCUT2D eigenvalue weighted by Gasteiger charge is -2.23. The Morgan fingerprint density at radius 2 is 2.16 bits per heavy atom. The highest BCUT2D eigenvalue weighted by molar-refractivity contribution is 9.12. The Hall–Kier alpha value is -0.940. The average molecular weight is 327 g/mol. The van der Waals surface area contributed by atoms with E-state index in [0.29, 0.717) is 5.92 Å². The number of hydrogen-bond acceptors (Lipinski definition) is 4. The van der Waals surface area contributed by atoms with E-state index in [0.717, 1.165) is 41.1 Å². The van der Waals surface area contributed by atoms with Crippen molar-refractivity contribution in [2.45, 2.75) is 26.7 Å². The molecule has 0 bridgehead atoms. The van der Waals surface area contributed by atoms with Crippen molar-refractivity contribution in [3.63, 3.8) is 0 Å². The smallest absolute Gasteiger partial charge is 0.0565 e. The molecular formula is C14H23BrN4. The Morgan fingerprint density at radius 1 is 1.42 bits per heavy atom. The molecule has 1 aliphatic heterocycles. The topological polar surface area (TPSA) is 62.8 Å². The van der Waals surface area contributed by atoms with Crippen molar-refractivity contribution in [2.75, 3.05) is 20.1 Å². The third kappa shape index (κ3) is 5.70. The van der Waals surface area contributed by atoms with Gasteiger partial charge in [-0.1, -0.05) is 0 Å². The molecule has 1 aliphatic rings. The summed E-state index contributed by atoms with van der Waals surface area (Å²) in [5, 5.41) is 3.41. The van der Waals surface area contributed by atoms with E-state index in [2.05, 4.69) is 26.2 Å². The summed E-state index contributed by atoms with van der Waals surface area (Å²) in [6.45, 7) is 5.93. The minimum Gasteiger partial charge on any atom is -0.402 e. The third-order valence-electron chi connectivity index (χ3n) is 2.98. The van der Waals surface area contributed by atoms with Gasteiger partial charge in [-0.3, -0.25) is 9.98 Å². The van der Waals surface area contributed by atoms with E-state index >= 15 is 0 Å². The van der Waals surface area contributed by atoms with Gasteiger partial charge < -0.3 is 11.1 Å². The highest BCUT2D eigenvalue weighted by Crippen LogP contribution is 2.18. The molecule has 19 heavy (non-hydrogen) atoms. The quantitative estimate of drug-likeness (QED) is 0.780. The van der Waals surface area contributed by atoms with Gasteiger partial charge in [0.15, 0.2) is 0 Å². The van der Waals surface area contributed by atoms with E-state index in [-0.39, 0.29) is 0 Å². The number of nitrogens with one attached hydrogen (secondary N) is 1. The van der Waals surface area contributed by atoms with Crippen molar-refractivity contribution in [3.8, 4) is 0 Å². The monoisotopic (exact) mass is 326 g/mol. The zero-order valence-corrected chi connectivity index (χ0v) is 13.5. The van der Waals surface area contributed by atoms with Crippen molar-refractivity contribution < 1.29 is 0 Å². The van der Waals surface area contributed by atoms with Gasteiger partial charge in [-0.05, 0) is 55.2 Å². The van der Waals surface area contributed by atoms with Crippen LogP contribution >= 0.6 is 15.9 Å². The van der Waals surface area contributed by atoms with Crippen molar-refractivity contribution in [1.29, 1.82) is 0 Å². The lowest BCUT2D eigenvalue weighted by molar-refractivity contribution is 0.458. The molecular weight excluding hydrogens is 304 g/mol. The average Bonchev–Trinajstić information content (AvgIpc) is 2.38. The molecule has 5 heteroatoms. The predicted octanol–water partition coefficient (Wildman–Crippen LogP) is 2.62. The van der Waals surface area contributed by atoms with E-state index in [9.17, 15) is 0 Å². The summed E-state index contributed by atoms with van der Waals surface area (Å²) < 4.78 is 0.902. The van der Waals surface area contributed by atoms with Gasteiger partial charge in [-0.15, -0.1) is 0 Å². The van der Waals surface area contributed by atoms with Crippen LogP contribution in [0, 0.1) is 5.92 Å². The van der Waals surface area contributed by atoms with Crippen LogP contribution < -0.4 is 11.1 Å².